The molecule has 0 aromatic heterocycles. The third-order valence-electron chi connectivity index (χ3n) is 3.18. The average molecular weight is 339 g/mol. The molecule has 2 rings (SSSR count). The summed E-state index contributed by atoms with van der Waals surface area (Å²) in [5.74, 6) is 0.233. The van der Waals surface area contributed by atoms with Gasteiger partial charge in [0.25, 0.3) is 5.91 Å². The molecule has 2 aromatic carbocycles. The van der Waals surface area contributed by atoms with Gasteiger partial charge in [-0.1, -0.05) is 6.07 Å². The number of rotatable bonds is 5. The minimum absolute atomic E-state index is 0.175. The summed E-state index contributed by atoms with van der Waals surface area (Å²) in [5.41, 5.74) is 0.664. The molecule has 0 saturated heterocycles. The zero-order valence-electron chi connectivity index (χ0n) is 13.1. The van der Waals surface area contributed by atoms with Crippen molar-refractivity contribution >= 4 is 11.6 Å². The monoisotopic (exact) mass is 339 g/mol. The standard InChI is InChI=1S/C17H16F3NO3/c1-11-3-8-15(23-2)14(9-11)21-16(22)10-24-13-6-4-12(5-7-13)17(18,19)20/h3-9H,10H2,1-2H3,(H,21,22). The lowest BCUT2D eigenvalue weighted by molar-refractivity contribution is -0.137. The summed E-state index contributed by atoms with van der Waals surface area (Å²) in [6.45, 7) is 1.54. The molecule has 0 bridgehead atoms. The maximum Gasteiger partial charge on any atom is 0.416 e. The van der Waals surface area contributed by atoms with Gasteiger partial charge in [-0.3, -0.25) is 4.79 Å². The van der Waals surface area contributed by atoms with Crippen molar-refractivity contribution in [2.45, 2.75) is 13.1 Å². The maximum atomic E-state index is 12.5. The van der Waals surface area contributed by atoms with E-state index in [0.29, 0.717) is 11.4 Å². The molecule has 0 aliphatic rings. The molecule has 0 aliphatic heterocycles. The highest BCUT2D eigenvalue weighted by atomic mass is 19.4. The van der Waals surface area contributed by atoms with Crippen LogP contribution in [-0.2, 0) is 11.0 Å². The van der Waals surface area contributed by atoms with E-state index < -0.39 is 17.6 Å². The minimum atomic E-state index is -4.41. The first-order chi connectivity index (χ1) is 11.3. The fraction of sp³-hybridized carbons (Fsp3) is 0.235. The molecule has 0 spiro atoms. The van der Waals surface area contributed by atoms with Crippen LogP contribution < -0.4 is 14.8 Å². The predicted octanol–water partition coefficient (Wildman–Crippen LogP) is 4.04. The van der Waals surface area contributed by atoms with Gasteiger partial charge in [-0.15, -0.1) is 0 Å². The number of anilines is 1. The van der Waals surface area contributed by atoms with E-state index in [4.69, 9.17) is 9.47 Å². The van der Waals surface area contributed by atoms with Crippen LogP contribution in [0.4, 0.5) is 18.9 Å². The van der Waals surface area contributed by atoms with E-state index in [1.54, 1.807) is 12.1 Å². The Kier molecular flexibility index (Phi) is 5.33. The van der Waals surface area contributed by atoms with Crippen molar-refractivity contribution in [2.75, 3.05) is 19.0 Å². The number of carbonyl (C=O) groups is 1. The Hall–Kier alpha value is -2.70. The van der Waals surface area contributed by atoms with Gasteiger partial charge in [0.15, 0.2) is 6.61 Å². The maximum absolute atomic E-state index is 12.5. The fourth-order valence-electron chi connectivity index (χ4n) is 1.99. The van der Waals surface area contributed by atoms with Gasteiger partial charge in [0.2, 0.25) is 0 Å². The molecule has 0 radical (unpaired) electrons. The molecule has 0 fully saturated rings. The highest BCUT2D eigenvalue weighted by Gasteiger charge is 2.30. The molecule has 0 aliphatic carbocycles. The number of benzene rings is 2. The van der Waals surface area contributed by atoms with Gasteiger partial charge in [0, 0.05) is 0 Å². The smallest absolute Gasteiger partial charge is 0.416 e. The molecule has 0 unspecified atom stereocenters. The van der Waals surface area contributed by atoms with Gasteiger partial charge in [0.1, 0.15) is 11.5 Å². The Morgan fingerprint density at radius 2 is 1.79 bits per heavy atom. The second-order valence-corrected chi connectivity index (χ2v) is 5.06. The lowest BCUT2D eigenvalue weighted by Crippen LogP contribution is -2.20. The molecule has 24 heavy (non-hydrogen) atoms. The summed E-state index contributed by atoms with van der Waals surface area (Å²) in [4.78, 5) is 11.9. The first kappa shape index (κ1) is 17.7. The first-order valence-electron chi connectivity index (χ1n) is 7.04. The van der Waals surface area contributed by atoms with Crippen LogP contribution in [0.1, 0.15) is 11.1 Å². The zero-order chi connectivity index (χ0) is 17.7. The third kappa shape index (κ3) is 4.65. The third-order valence-corrected chi connectivity index (χ3v) is 3.18. The number of amides is 1. The average Bonchev–Trinajstić information content (AvgIpc) is 2.53. The molecular weight excluding hydrogens is 323 g/mol. The molecule has 1 amide bonds. The van der Waals surface area contributed by atoms with Crippen LogP contribution in [0.5, 0.6) is 11.5 Å². The van der Waals surface area contributed by atoms with Gasteiger partial charge in [-0.05, 0) is 48.9 Å². The number of carbonyl (C=O) groups excluding carboxylic acids is 1. The lowest BCUT2D eigenvalue weighted by atomic mass is 10.2. The Morgan fingerprint density at radius 1 is 1.12 bits per heavy atom. The van der Waals surface area contributed by atoms with Crippen LogP contribution in [0, 0.1) is 6.92 Å². The summed E-state index contributed by atoms with van der Waals surface area (Å²) in [6.07, 6.45) is -4.41. The van der Waals surface area contributed by atoms with Crippen LogP contribution in [0.2, 0.25) is 0 Å². The van der Waals surface area contributed by atoms with Crippen molar-refractivity contribution in [2.24, 2.45) is 0 Å². The van der Waals surface area contributed by atoms with Gasteiger partial charge >= 0.3 is 6.18 Å². The highest BCUT2D eigenvalue weighted by molar-refractivity contribution is 5.93. The summed E-state index contributed by atoms with van der Waals surface area (Å²) in [7, 11) is 1.49. The van der Waals surface area contributed by atoms with Crippen LogP contribution in [0.15, 0.2) is 42.5 Å². The summed E-state index contributed by atoms with van der Waals surface area (Å²) < 4.78 is 47.7. The Morgan fingerprint density at radius 3 is 2.38 bits per heavy atom. The van der Waals surface area contributed by atoms with E-state index in [1.165, 1.54) is 19.2 Å². The topological polar surface area (TPSA) is 47.6 Å². The number of hydrogen-bond acceptors (Lipinski definition) is 3. The number of aryl methyl sites for hydroxylation is 1. The number of methoxy groups -OCH3 is 1. The minimum Gasteiger partial charge on any atom is -0.495 e. The van der Waals surface area contributed by atoms with E-state index in [0.717, 1.165) is 17.7 Å². The number of ether oxygens (including phenoxy) is 2. The number of hydrogen-bond donors (Lipinski definition) is 1. The Labute approximate surface area is 137 Å². The van der Waals surface area contributed by atoms with Gasteiger partial charge in [-0.25, -0.2) is 0 Å². The Bertz CT molecular complexity index is 712. The number of halogens is 3. The molecular formula is C17H16F3NO3. The summed E-state index contributed by atoms with van der Waals surface area (Å²) in [5, 5.41) is 2.64. The van der Waals surface area contributed by atoms with Crippen molar-refractivity contribution in [1.82, 2.24) is 0 Å². The van der Waals surface area contributed by atoms with Gasteiger partial charge in [-0.2, -0.15) is 13.2 Å². The largest absolute Gasteiger partial charge is 0.495 e. The molecule has 1 N–H and O–H groups in total. The summed E-state index contributed by atoms with van der Waals surface area (Å²) >= 11 is 0. The lowest BCUT2D eigenvalue weighted by Gasteiger charge is -2.12. The van der Waals surface area contributed by atoms with Crippen LogP contribution >= 0.6 is 0 Å². The van der Waals surface area contributed by atoms with Crippen molar-refractivity contribution in [3.05, 3.63) is 53.6 Å². The number of nitrogens with one attached hydrogen (secondary N) is 1. The van der Waals surface area contributed by atoms with E-state index in [-0.39, 0.29) is 12.4 Å². The fourth-order valence-corrected chi connectivity index (χ4v) is 1.99. The van der Waals surface area contributed by atoms with Crippen LogP contribution in [-0.4, -0.2) is 19.6 Å². The van der Waals surface area contributed by atoms with Crippen molar-refractivity contribution in [1.29, 1.82) is 0 Å². The predicted molar refractivity (Wildman–Crippen MR) is 83.3 cm³/mol. The molecule has 2 aromatic rings. The Balaban J connectivity index is 1.95. The molecule has 0 atom stereocenters. The normalized spacial score (nSPS) is 11.0. The van der Waals surface area contributed by atoms with Crippen molar-refractivity contribution in [3.63, 3.8) is 0 Å². The van der Waals surface area contributed by atoms with Crippen molar-refractivity contribution in [3.8, 4) is 11.5 Å². The highest BCUT2D eigenvalue weighted by Crippen LogP contribution is 2.30. The van der Waals surface area contributed by atoms with Crippen LogP contribution in [0.3, 0.4) is 0 Å². The second-order valence-electron chi connectivity index (χ2n) is 5.06. The quantitative estimate of drug-likeness (QED) is 0.894. The molecule has 128 valence electrons. The molecule has 0 heterocycles. The molecule has 0 saturated carbocycles. The zero-order valence-corrected chi connectivity index (χ0v) is 13.1. The van der Waals surface area contributed by atoms with Gasteiger partial charge in [0.05, 0.1) is 18.4 Å². The first-order valence-corrected chi connectivity index (χ1v) is 7.04. The van der Waals surface area contributed by atoms with E-state index in [1.807, 2.05) is 13.0 Å². The van der Waals surface area contributed by atoms with Gasteiger partial charge < -0.3 is 14.8 Å². The number of alkyl halides is 3. The summed E-state index contributed by atoms with van der Waals surface area (Å²) in [6, 6.07) is 9.45. The van der Waals surface area contributed by atoms with E-state index in [9.17, 15) is 18.0 Å². The van der Waals surface area contributed by atoms with Crippen LogP contribution in [0.25, 0.3) is 0 Å². The van der Waals surface area contributed by atoms with E-state index in [2.05, 4.69) is 5.32 Å². The second kappa shape index (κ2) is 7.25. The molecule has 7 heteroatoms. The SMILES string of the molecule is COc1ccc(C)cc1NC(=O)COc1ccc(C(F)(F)F)cc1. The molecule has 4 nitrogen and oxygen atoms in total. The van der Waals surface area contributed by atoms with Crippen molar-refractivity contribution < 1.29 is 27.4 Å². The van der Waals surface area contributed by atoms with E-state index >= 15 is 0 Å².